The molecule has 0 atom stereocenters. The first-order chi connectivity index (χ1) is 9.49. The lowest BCUT2D eigenvalue weighted by Gasteiger charge is -2.10. The Bertz CT molecular complexity index is 662. The van der Waals surface area contributed by atoms with Crippen LogP contribution in [0.5, 0.6) is 0 Å². The van der Waals surface area contributed by atoms with Crippen LogP contribution < -0.4 is 5.32 Å². The molecule has 0 fully saturated rings. The van der Waals surface area contributed by atoms with Crippen LogP contribution in [-0.2, 0) is 6.42 Å². The van der Waals surface area contributed by atoms with Gasteiger partial charge in [-0.1, -0.05) is 18.5 Å². The van der Waals surface area contributed by atoms with Gasteiger partial charge in [-0.2, -0.15) is 0 Å². The molecule has 0 amide bonds. The van der Waals surface area contributed by atoms with E-state index in [2.05, 4.69) is 32.9 Å². The maximum Gasteiger partial charge on any atom is 0.335 e. The lowest BCUT2D eigenvalue weighted by atomic mass is 10.2. The second-order valence-corrected chi connectivity index (χ2v) is 5.74. The minimum Gasteiger partial charge on any atom is -0.478 e. The van der Waals surface area contributed by atoms with Gasteiger partial charge in [0.2, 0.25) is 0 Å². The summed E-state index contributed by atoms with van der Waals surface area (Å²) in [6.07, 6.45) is 0.674. The summed E-state index contributed by atoms with van der Waals surface area (Å²) in [5.41, 5.74) is 1.80. The van der Waals surface area contributed by atoms with E-state index in [1.54, 1.807) is 12.1 Å². The van der Waals surface area contributed by atoms with Crippen molar-refractivity contribution < 1.29 is 9.90 Å². The molecule has 1 aromatic carbocycles. The summed E-state index contributed by atoms with van der Waals surface area (Å²) in [5, 5.41) is 12.9. The minimum atomic E-state index is -0.962. The van der Waals surface area contributed by atoms with E-state index in [-0.39, 0.29) is 5.56 Å². The van der Waals surface area contributed by atoms with E-state index in [1.807, 2.05) is 19.1 Å². The summed E-state index contributed by atoms with van der Waals surface area (Å²) < 4.78 is 0.940. The van der Waals surface area contributed by atoms with E-state index in [0.29, 0.717) is 17.3 Å². The van der Waals surface area contributed by atoms with Crippen LogP contribution in [0.25, 0.3) is 0 Å². The number of nitrogens with zero attached hydrogens (tertiary/aromatic N) is 1. The van der Waals surface area contributed by atoms with Gasteiger partial charge in [-0.25, -0.2) is 9.78 Å². The number of anilines is 2. The fourth-order valence-electron chi connectivity index (χ4n) is 1.69. The average Bonchev–Trinajstić information content (AvgIpc) is 2.41. The van der Waals surface area contributed by atoms with Crippen molar-refractivity contribution in [3.05, 3.63) is 50.2 Å². The second kappa shape index (κ2) is 6.41. The summed E-state index contributed by atoms with van der Waals surface area (Å²) >= 11 is 8.07. The molecule has 0 aliphatic heterocycles. The Morgan fingerprint density at radius 3 is 2.75 bits per heavy atom. The zero-order valence-electron chi connectivity index (χ0n) is 10.7. The first kappa shape index (κ1) is 15.1. The summed E-state index contributed by atoms with van der Waals surface area (Å²) in [5.74, 6) is -0.446. The number of benzene rings is 1. The summed E-state index contributed by atoms with van der Waals surface area (Å²) in [7, 11) is 0. The van der Waals surface area contributed by atoms with Crippen LogP contribution in [0.2, 0.25) is 5.02 Å². The van der Waals surface area contributed by atoms with Crippen LogP contribution in [-0.4, -0.2) is 16.1 Å². The molecule has 1 aromatic heterocycles. The third-order valence-electron chi connectivity index (χ3n) is 2.68. The predicted octanol–water partition coefficient (Wildman–Crippen LogP) is 4.34. The van der Waals surface area contributed by atoms with Gasteiger partial charge >= 0.3 is 5.97 Å². The quantitative estimate of drug-likeness (QED) is 0.747. The van der Waals surface area contributed by atoms with Gasteiger partial charge in [0, 0.05) is 14.3 Å². The van der Waals surface area contributed by atoms with Gasteiger partial charge < -0.3 is 10.4 Å². The highest BCUT2D eigenvalue weighted by molar-refractivity contribution is 14.1. The van der Waals surface area contributed by atoms with E-state index < -0.39 is 5.97 Å². The number of aromatic nitrogens is 1. The Balaban J connectivity index is 2.37. The Morgan fingerprint density at radius 2 is 2.15 bits per heavy atom. The molecular weight excluding hydrogens is 391 g/mol. The van der Waals surface area contributed by atoms with E-state index in [1.165, 1.54) is 6.07 Å². The number of halogens is 2. The third kappa shape index (κ3) is 3.61. The number of rotatable bonds is 4. The highest BCUT2D eigenvalue weighted by Crippen LogP contribution is 2.25. The number of carboxylic acid groups (broad SMARTS) is 1. The zero-order chi connectivity index (χ0) is 14.7. The van der Waals surface area contributed by atoms with Gasteiger partial charge in [-0.05, 0) is 59.3 Å². The average molecular weight is 403 g/mol. The molecule has 0 saturated heterocycles. The maximum atomic E-state index is 11.1. The second-order valence-electron chi connectivity index (χ2n) is 4.14. The fraction of sp³-hybridized carbons (Fsp3) is 0.143. The smallest absolute Gasteiger partial charge is 0.335 e. The van der Waals surface area contributed by atoms with Crippen molar-refractivity contribution in [2.75, 3.05) is 5.32 Å². The molecule has 4 nitrogen and oxygen atoms in total. The number of hydrogen-bond donors (Lipinski definition) is 2. The van der Waals surface area contributed by atoms with Crippen LogP contribution in [0.3, 0.4) is 0 Å². The molecule has 6 heteroatoms. The van der Waals surface area contributed by atoms with Crippen LogP contribution >= 0.6 is 34.2 Å². The first-order valence-electron chi connectivity index (χ1n) is 5.96. The molecule has 104 valence electrons. The minimum absolute atomic E-state index is 0.225. The monoisotopic (exact) mass is 402 g/mol. The molecule has 1 heterocycles. The van der Waals surface area contributed by atoms with Gasteiger partial charge in [-0.3, -0.25) is 0 Å². The Hall–Kier alpha value is -1.34. The lowest BCUT2D eigenvalue weighted by molar-refractivity contribution is 0.0696. The number of pyridine rings is 1. The summed E-state index contributed by atoms with van der Waals surface area (Å²) in [4.78, 5) is 15.5. The van der Waals surface area contributed by atoms with Crippen molar-refractivity contribution in [2.45, 2.75) is 13.3 Å². The van der Waals surface area contributed by atoms with Gasteiger partial charge in [0.1, 0.15) is 5.82 Å². The van der Waals surface area contributed by atoms with Crippen molar-refractivity contribution in [1.82, 2.24) is 4.98 Å². The van der Waals surface area contributed by atoms with Gasteiger partial charge in [0.05, 0.1) is 11.3 Å². The number of hydrogen-bond acceptors (Lipinski definition) is 3. The van der Waals surface area contributed by atoms with Crippen LogP contribution in [0.4, 0.5) is 11.5 Å². The van der Waals surface area contributed by atoms with Crippen molar-refractivity contribution in [1.29, 1.82) is 0 Å². The number of aryl methyl sites for hydroxylation is 1. The molecule has 0 aliphatic rings. The van der Waals surface area contributed by atoms with E-state index in [0.717, 1.165) is 15.0 Å². The molecule has 20 heavy (non-hydrogen) atoms. The van der Waals surface area contributed by atoms with Crippen molar-refractivity contribution in [3.8, 4) is 0 Å². The third-order valence-corrected chi connectivity index (χ3v) is 3.81. The molecule has 0 radical (unpaired) electrons. The molecule has 0 bridgehead atoms. The zero-order valence-corrected chi connectivity index (χ0v) is 13.6. The van der Waals surface area contributed by atoms with E-state index in [4.69, 9.17) is 16.7 Å². The molecule has 2 rings (SSSR count). The Labute approximate surface area is 135 Å². The molecule has 0 saturated carbocycles. The molecule has 0 unspecified atom stereocenters. The normalized spacial score (nSPS) is 10.3. The SMILES string of the molecule is CCc1cc(C(=O)O)cc(Nc2ccc(Cl)cc2I)n1. The summed E-state index contributed by atoms with van der Waals surface area (Å²) in [6, 6.07) is 8.54. The largest absolute Gasteiger partial charge is 0.478 e. The molecule has 0 aliphatic carbocycles. The van der Waals surface area contributed by atoms with Crippen LogP contribution in [0, 0.1) is 3.57 Å². The number of nitrogens with one attached hydrogen (secondary N) is 1. The highest BCUT2D eigenvalue weighted by Gasteiger charge is 2.09. The standard InChI is InChI=1S/C14H12ClIN2O2/c1-2-10-5-8(14(19)20)6-13(17-10)18-12-4-3-9(15)7-11(12)16/h3-7H,2H2,1H3,(H,17,18)(H,19,20). The highest BCUT2D eigenvalue weighted by atomic mass is 127. The maximum absolute atomic E-state index is 11.1. The Kier molecular flexibility index (Phi) is 4.82. The number of carboxylic acids is 1. The van der Waals surface area contributed by atoms with E-state index >= 15 is 0 Å². The van der Waals surface area contributed by atoms with Crippen molar-refractivity contribution >= 4 is 51.7 Å². The van der Waals surface area contributed by atoms with Gasteiger partial charge in [0.15, 0.2) is 0 Å². The predicted molar refractivity (Wildman–Crippen MR) is 88.0 cm³/mol. The first-order valence-corrected chi connectivity index (χ1v) is 7.41. The van der Waals surface area contributed by atoms with Crippen LogP contribution in [0.15, 0.2) is 30.3 Å². The summed E-state index contributed by atoms with van der Waals surface area (Å²) in [6.45, 7) is 1.93. The van der Waals surface area contributed by atoms with E-state index in [9.17, 15) is 4.79 Å². The Morgan fingerprint density at radius 1 is 1.40 bits per heavy atom. The molecule has 2 aromatic rings. The number of aromatic carboxylic acids is 1. The molecule has 2 N–H and O–H groups in total. The topological polar surface area (TPSA) is 62.2 Å². The van der Waals surface area contributed by atoms with Crippen molar-refractivity contribution in [2.24, 2.45) is 0 Å². The van der Waals surface area contributed by atoms with Gasteiger partial charge in [0.25, 0.3) is 0 Å². The van der Waals surface area contributed by atoms with Crippen LogP contribution in [0.1, 0.15) is 23.0 Å². The lowest BCUT2D eigenvalue weighted by Crippen LogP contribution is -2.04. The van der Waals surface area contributed by atoms with Gasteiger partial charge in [-0.15, -0.1) is 0 Å². The van der Waals surface area contributed by atoms with Crippen molar-refractivity contribution in [3.63, 3.8) is 0 Å². The molecule has 0 spiro atoms. The molecular formula is C14H12ClIN2O2. The fourth-order valence-corrected chi connectivity index (χ4v) is 2.69. The number of carbonyl (C=O) groups is 1.